The van der Waals surface area contributed by atoms with Gasteiger partial charge in [-0.25, -0.2) is 4.39 Å². The van der Waals surface area contributed by atoms with Crippen molar-refractivity contribution >= 4 is 17.4 Å². The fourth-order valence-corrected chi connectivity index (χ4v) is 1.76. The van der Waals surface area contributed by atoms with Crippen LogP contribution in [0, 0.1) is 5.82 Å². The normalized spacial score (nSPS) is 20.8. The third-order valence-corrected chi connectivity index (χ3v) is 2.73. The van der Waals surface area contributed by atoms with Gasteiger partial charge in [0.05, 0.1) is 24.3 Å². The Morgan fingerprint density at radius 3 is 3.00 bits per heavy atom. The fraction of sp³-hybridized carbons (Fsp3) is 0.364. The summed E-state index contributed by atoms with van der Waals surface area (Å²) in [5.41, 5.74) is 0.398. The van der Waals surface area contributed by atoms with Crippen LogP contribution in [0.25, 0.3) is 0 Å². The summed E-state index contributed by atoms with van der Waals surface area (Å²) in [7, 11) is 0. The molecule has 0 bridgehead atoms. The van der Waals surface area contributed by atoms with Crippen LogP contribution in [0.1, 0.15) is 10.4 Å². The van der Waals surface area contributed by atoms with E-state index in [0.717, 1.165) is 0 Å². The maximum Gasteiger partial charge on any atom is 0.182 e. The van der Waals surface area contributed by atoms with Crippen molar-refractivity contribution < 1.29 is 13.9 Å². The van der Waals surface area contributed by atoms with E-state index in [9.17, 15) is 9.18 Å². The van der Waals surface area contributed by atoms with Gasteiger partial charge in [0.1, 0.15) is 5.82 Å². The summed E-state index contributed by atoms with van der Waals surface area (Å²) in [6, 6.07) is 3.60. The van der Waals surface area contributed by atoms with Crippen molar-refractivity contribution in [1.82, 2.24) is 5.32 Å². The minimum atomic E-state index is -0.522. The second-order valence-electron chi connectivity index (χ2n) is 3.57. The molecule has 1 aliphatic rings. The molecule has 0 aromatic heterocycles. The minimum absolute atomic E-state index is 0.0393. The predicted octanol–water partition coefficient (Wildman–Crippen LogP) is 1.65. The van der Waals surface area contributed by atoms with Gasteiger partial charge in [0.25, 0.3) is 0 Å². The summed E-state index contributed by atoms with van der Waals surface area (Å²) in [5.74, 6) is -0.646. The van der Waals surface area contributed by atoms with Gasteiger partial charge in [0.15, 0.2) is 5.78 Å². The van der Waals surface area contributed by atoms with E-state index in [4.69, 9.17) is 16.3 Å². The van der Waals surface area contributed by atoms with Crippen molar-refractivity contribution in [1.29, 1.82) is 0 Å². The highest BCUT2D eigenvalue weighted by Crippen LogP contribution is 2.17. The number of Topliss-reactive ketones (excluding diaryl/α,β-unsaturated/α-hetero) is 1. The number of hydrogen-bond acceptors (Lipinski definition) is 3. The molecule has 1 unspecified atom stereocenters. The Morgan fingerprint density at radius 1 is 1.56 bits per heavy atom. The molecule has 86 valence electrons. The average Bonchev–Trinajstić information content (AvgIpc) is 2.33. The van der Waals surface area contributed by atoms with Gasteiger partial charge in [0.2, 0.25) is 0 Å². The van der Waals surface area contributed by atoms with Crippen molar-refractivity contribution in [2.24, 2.45) is 0 Å². The molecular formula is C11H11ClFNO2. The lowest BCUT2D eigenvalue weighted by molar-refractivity contribution is 0.0607. The van der Waals surface area contributed by atoms with Crippen molar-refractivity contribution in [3.05, 3.63) is 34.6 Å². The summed E-state index contributed by atoms with van der Waals surface area (Å²) in [6.07, 6.45) is 0. The monoisotopic (exact) mass is 243 g/mol. The van der Waals surface area contributed by atoms with Crippen LogP contribution < -0.4 is 5.32 Å². The SMILES string of the molecule is O=C(c1ccc(F)c(Cl)c1)C1COCCN1. The molecule has 1 N–H and O–H groups in total. The molecule has 2 rings (SSSR count). The van der Waals surface area contributed by atoms with Crippen LogP contribution in [0.5, 0.6) is 0 Å². The summed E-state index contributed by atoms with van der Waals surface area (Å²) in [6.45, 7) is 1.59. The number of ketones is 1. The largest absolute Gasteiger partial charge is 0.378 e. The molecule has 0 saturated carbocycles. The molecule has 1 aromatic carbocycles. The summed E-state index contributed by atoms with van der Waals surface area (Å²) < 4.78 is 18.1. The molecule has 0 amide bonds. The number of carbonyl (C=O) groups is 1. The first-order chi connectivity index (χ1) is 7.68. The van der Waals surface area contributed by atoms with Gasteiger partial charge in [-0.1, -0.05) is 11.6 Å². The number of nitrogens with one attached hydrogen (secondary N) is 1. The van der Waals surface area contributed by atoms with Gasteiger partial charge in [-0.3, -0.25) is 4.79 Å². The Morgan fingerprint density at radius 2 is 2.38 bits per heavy atom. The van der Waals surface area contributed by atoms with Crippen molar-refractivity contribution in [2.75, 3.05) is 19.8 Å². The maximum atomic E-state index is 12.9. The first kappa shape index (κ1) is 11.5. The van der Waals surface area contributed by atoms with E-state index < -0.39 is 5.82 Å². The van der Waals surface area contributed by atoms with E-state index in [1.165, 1.54) is 18.2 Å². The van der Waals surface area contributed by atoms with Crippen LogP contribution in [0.3, 0.4) is 0 Å². The van der Waals surface area contributed by atoms with Crippen molar-refractivity contribution in [2.45, 2.75) is 6.04 Å². The van der Waals surface area contributed by atoms with Gasteiger partial charge in [-0.15, -0.1) is 0 Å². The van der Waals surface area contributed by atoms with Crippen LogP contribution >= 0.6 is 11.6 Å². The van der Waals surface area contributed by atoms with Crippen molar-refractivity contribution in [3.8, 4) is 0 Å². The molecular weight excluding hydrogens is 233 g/mol. The van der Waals surface area contributed by atoms with Crippen LogP contribution in [0.15, 0.2) is 18.2 Å². The Bertz CT molecular complexity index is 405. The number of hydrogen-bond donors (Lipinski definition) is 1. The van der Waals surface area contributed by atoms with Gasteiger partial charge in [0, 0.05) is 12.1 Å². The van der Waals surface area contributed by atoms with E-state index in [2.05, 4.69) is 5.32 Å². The Kier molecular flexibility index (Phi) is 3.53. The molecule has 1 heterocycles. The molecule has 0 aliphatic carbocycles. The van der Waals surface area contributed by atoms with E-state index in [1.54, 1.807) is 0 Å². The highest BCUT2D eigenvalue weighted by atomic mass is 35.5. The smallest absolute Gasteiger partial charge is 0.182 e. The maximum absolute atomic E-state index is 12.9. The zero-order chi connectivity index (χ0) is 11.5. The molecule has 5 heteroatoms. The van der Waals surface area contributed by atoms with Crippen molar-refractivity contribution in [3.63, 3.8) is 0 Å². The zero-order valence-electron chi connectivity index (χ0n) is 8.50. The second kappa shape index (κ2) is 4.91. The number of carbonyl (C=O) groups excluding carboxylic acids is 1. The van der Waals surface area contributed by atoms with Gasteiger partial charge >= 0.3 is 0 Å². The summed E-state index contributed by atoms with van der Waals surface area (Å²) in [5, 5.41) is 3.00. The highest BCUT2D eigenvalue weighted by Gasteiger charge is 2.22. The van der Waals surface area contributed by atoms with E-state index >= 15 is 0 Å². The first-order valence-electron chi connectivity index (χ1n) is 4.99. The number of halogens is 2. The Balaban J connectivity index is 2.16. The van der Waals surface area contributed by atoms with E-state index in [0.29, 0.717) is 25.3 Å². The second-order valence-corrected chi connectivity index (χ2v) is 3.98. The lowest BCUT2D eigenvalue weighted by Gasteiger charge is -2.22. The zero-order valence-corrected chi connectivity index (χ0v) is 9.26. The standard InChI is InChI=1S/C11H11ClFNO2/c12-8-5-7(1-2-9(8)13)11(15)10-6-16-4-3-14-10/h1-2,5,10,14H,3-4,6H2. The average molecular weight is 244 g/mol. The Hall–Kier alpha value is -0.970. The highest BCUT2D eigenvalue weighted by molar-refractivity contribution is 6.31. The molecule has 1 aliphatic heterocycles. The first-order valence-corrected chi connectivity index (χ1v) is 5.36. The number of benzene rings is 1. The summed E-state index contributed by atoms with van der Waals surface area (Å²) in [4.78, 5) is 11.9. The van der Waals surface area contributed by atoms with Crippen LogP contribution in [0.4, 0.5) is 4.39 Å². The molecule has 16 heavy (non-hydrogen) atoms. The van der Waals surface area contributed by atoms with Crippen LogP contribution in [0.2, 0.25) is 5.02 Å². The van der Waals surface area contributed by atoms with Gasteiger partial charge < -0.3 is 10.1 Å². The molecule has 0 spiro atoms. The van der Waals surface area contributed by atoms with E-state index in [-0.39, 0.29) is 16.8 Å². The Labute approximate surface area is 97.5 Å². The van der Waals surface area contributed by atoms with Gasteiger partial charge in [-0.05, 0) is 18.2 Å². The van der Waals surface area contributed by atoms with Gasteiger partial charge in [-0.2, -0.15) is 0 Å². The fourth-order valence-electron chi connectivity index (χ4n) is 1.58. The number of ether oxygens (including phenoxy) is 1. The minimum Gasteiger partial charge on any atom is -0.378 e. The molecule has 1 aromatic rings. The third kappa shape index (κ3) is 2.40. The van der Waals surface area contributed by atoms with E-state index in [1.807, 2.05) is 0 Å². The molecule has 1 atom stereocenters. The lowest BCUT2D eigenvalue weighted by Crippen LogP contribution is -2.46. The number of morpholine rings is 1. The predicted molar refractivity (Wildman–Crippen MR) is 58.4 cm³/mol. The third-order valence-electron chi connectivity index (χ3n) is 2.44. The molecule has 1 saturated heterocycles. The lowest BCUT2D eigenvalue weighted by atomic mass is 10.0. The number of rotatable bonds is 2. The van der Waals surface area contributed by atoms with Crippen LogP contribution in [-0.2, 0) is 4.74 Å². The molecule has 0 radical (unpaired) electrons. The molecule has 3 nitrogen and oxygen atoms in total. The quantitative estimate of drug-likeness (QED) is 0.803. The summed E-state index contributed by atoms with van der Waals surface area (Å²) >= 11 is 5.62. The topological polar surface area (TPSA) is 38.3 Å². The molecule has 1 fully saturated rings. The van der Waals surface area contributed by atoms with Crippen LogP contribution in [-0.4, -0.2) is 31.6 Å².